The molecular weight excluding hydrogens is 238 g/mol. The van der Waals surface area contributed by atoms with Crippen molar-refractivity contribution < 1.29 is 19.5 Å². The average molecular weight is 259 g/mol. The van der Waals surface area contributed by atoms with E-state index in [2.05, 4.69) is 16.0 Å². The number of amides is 3. The van der Waals surface area contributed by atoms with Crippen molar-refractivity contribution in [1.29, 1.82) is 0 Å². The number of rotatable bonds is 8. The van der Waals surface area contributed by atoms with E-state index in [0.29, 0.717) is 6.54 Å². The standard InChI is InChI=1S/C11H21N3O4/c1-3-5-12-9(15)4-6-13-11(18)14-8(2)7-10(16)17/h8H,3-7H2,1-2H3,(H,12,15)(H,16,17)(H2,13,14,18). The van der Waals surface area contributed by atoms with Crippen LogP contribution in [0.3, 0.4) is 0 Å². The summed E-state index contributed by atoms with van der Waals surface area (Å²) in [5.74, 6) is -1.09. The summed E-state index contributed by atoms with van der Waals surface area (Å²) in [6, 6.07) is -0.913. The van der Waals surface area contributed by atoms with Crippen molar-refractivity contribution in [3.05, 3.63) is 0 Å². The summed E-state index contributed by atoms with van der Waals surface area (Å²) in [7, 11) is 0. The van der Waals surface area contributed by atoms with Crippen LogP contribution in [0.5, 0.6) is 0 Å². The topological polar surface area (TPSA) is 108 Å². The average Bonchev–Trinajstić information content (AvgIpc) is 2.24. The molecule has 0 fully saturated rings. The van der Waals surface area contributed by atoms with Gasteiger partial charge in [0.25, 0.3) is 0 Å². The van der Waals surface area contributed by atoms with Gasteiger partial charge in [0.15, 0.2) is 0 Å². The van der Waals surface area contributed by atoms with Crippen LogP contribution in [-0.2, 0) is 9.59 Å². The molecule has 4 N–H and O–H groups in total. The minimum absolute atomic E-state index is 0.115. The zero-order chi connectivity index (χ0) is 14.0. The van der Waals surface area contributed by atoms with Crippen molar-refractivity contribution >= 4 is 17.9 Å². The minimum Gasteiger partial charge on any atom is -0.481 e. The van der Waals surface area contributed by atoms with Crippen molar-refractivity contribution in [2.75, 3.05) is 13.1 Å². The molecule has 0 spiro atoms. The van der Waals surface area contributed by atoms with Gasteiger partial charge < -0.3 is 21.1 Å². The Morgan fingerprint density at radius 1 is 1.17 bits per heavy atom. The first-order chi connectivity index (χ1) is 8.45. The molecule has 0 aliphatic carbocycles. The number of carboxylic acids is 1. The quantitative estimate of drug-likeness (QED) is 0.494. The van der Waals surface area contributed by atoms with Crippen LogP contribution in [-0.4, -0.2) is 42.1 Å². The Morgan fingerprint density at radius 2 is 1.83 bits per heavy atom. The molecule has 0 rings (SSSR count). The second kappa shape index (κ2) is 9.26. The van der Waals surface area contributed by atoms with Crippen LogP contribution in [0.4, 0.5) is 4.79 Å². The Labute approximate surface area is 106 Å². The fourth-order valence-corrected chi connectivity index (χ4v) is 1.23. The number of aliphatic carboxylic acids is 1. The normalized spacial score (nSPS) is 11.4. The molecular formula is C11H21N3O4. The third-order valence-electron chi connectivity index (χ3n) is 2.07. The summed E-state index contributed by atoms with van der Waals surface area (Å²) in [5.41, 5.74) is 0. The first-order valence-corrected chi connectivity index (χ1v) is 5.98. The van der Waals surface area contributed by atoms with Gasteiger partial charge in [0.05, 0.1) is 6.42 Å². The van der Waals surface area contributed by atoms with Gasteiger partial charge in [0.1, 0.15) is 0 Å². The SMILES string of the molecule is CCCNC(=O)CCNC(=O)NC(C)CC(=O)O. The lowest BCUT2D eigenvalue weighted by Gasteiger charge is -2.12. The summed E-state index contributed by atoms with van der Waals surface area (Å²) >= 11 is 0. The summed E-state index contributed by atoms with van der Waals surface area (Å²) in [5, 5.41) is 16.1. The number of nitrogens with one attached hydrogen (secondary N) is 3. The first kappa shape index (κ1) is 16.2. The van der Waals surface area contributed by atoms with E-state index in [9.17, 15) is 14.4 Å². The van der Waals surface area contributed by atoms with Crippen LogP contribution >= 0.6 is 0 Å². The monoisotopic (exact) mass is 259 g/mol. The Balaban J connectivity index is 3.64. The Hall–Kier alpha value is -1.79. The molecule has 7 nitrogen and oxygen atoms in total. The molecule has 0 aliphatic heterocycles. The maximum absolute atomic E-state index is 11.3. The summed E-state index contributed by atoms with van der Waals surface area (Å²) in [6.45, 7) is 4.40. The predicted octanol–water partition coefficient (Wildman–Crippen LogP) is 0.0651. The Morgan fingerprint density at radius 3 is 2.39 bits per heavy atom. The minimum atomic E-state index is -0.971. The van der Waals surface area contributed by atoms with Gasteiger partial charge >= 0.3 is 12.0 Å². The molecule has 7 heteroatoms. The molecule has 0 aliphatic rings. The van der Waals surface area contributed by atoms with Gasteiger partial charge in [-0.2, -0.15) is 0 Å². The highest BCUT2D eigenvalue weighted by Crippen LogP contribution is 1.89. The number of carbonyl (C=O) groups is 3. The van der Waals surface area contributed by atoms with Gasteiger partial charge in [-0.05, 0) is 13.3 Å². The Bertz CT molecular complexity index is 294. The van der Waals surface area contributed by atoms with Gasteiger partial charge in [0.2, 0.25) is 5.91 Å². The zero-order valence-corrected chi connectivity index (χ0v) is 10.8. The highest BCUT2D eigenvalue weighted by molar-refractivity contribution is 5.78. The molecule has 0 aromatic rings. The maximum atomic E-state index is 11.3. The molecule has 1 unspecified atom stereocenters. The van der Waals surface area contributed by atoms with E-state index in [1.54, 1.807) is 6.92 Å². The van der Waals surface area contributed by atoms with Crippen LogP contribution in [0.25, 0.3) is 0 Å². The molecule has 18 heavy (non-hydrogen) atoms. The van der Waals surface area contributed by atoms with E-state index in [1.807, 2.05) is 6.92 Å². The number of hydrogen-bond donors (Lipinski definition) is 4. The number of carboxylic acid groups (broad SMARTS) is 1. The summed E-state index contributed by atoms with van der Waals surface area (Å²) in [6.07, 6.45) is 0.942. The van der Waals surface area contributed by atoms with Gasteiger partial charge in [-0.1, -0.05) is 6.92 Å². The van der Waals surface area contributed by atoms with Gasteiger partial charge in [-0.3, -0.25) is 9.59 Å². The van der Waals surface area contributed by atoms with Crippen LogP contribution < -0.4 is 16.0 Å². The van der Waals surface area contributed by atoms with Crippen LogP contribution in [0.15, 0.2) is 0 Å². The van der Waals surface area contributed by atoms with E-state index in [1.165, 1.54) is 0 Å². The van der Waals surface area contributed by atoms with Crippen LogP contribution in [0, 0.1) is 0 Å². The highest BCUT2D eigenvalue weighted by atomic mass is 16.4. The molecule has 0 radical (unpaired) electrons. The number of urea groups is 1. The lowest BCUT2D eigenvalue weighted by atomic mass is 10.2. The highest BCUT2D eigenvalue weighted by Gasteiger charge is 2.10. The third-order valence-corrected chi connectivity index (χ3v) is 2.07. The van der Waals surface area contributed by atoms with Gasteiger partial charge in [-0.25, -0.2) is 4.79 Å². The van der Waals surface area contributed by atoms with Gasteiger partial charge in [0, 0.05) is 25.6 Å². The number of carbonyl (C=O) groups excluding carboxylic acids is 2. The van der Waals surface area contributed by atoms with Crippen molar-refractivity contribution in [2.24, 2.45) is 0 Å². The smallest absolute Gasteiger partial charge is 0.315 e. The third kappa shape index (κ3) is 9.44. The molecule has 0 aromatic carbocycles. The largest absolute Gasteiger partial charge is 0.481 e. The second-order valence-electron chi connectivity index (χ2n) is 4.00. The molecule has 3 amide bonds. The lowest BCUT2D eigenvalue weighted by Crippen LogP contribution is -2.42. The Kier molecular flexibility index (Phi) is 8.34. The molecule has 0 heterocycles. The fraction of sp³-hybridized carbons (Fsp3) is 0.727. The lowest BCUT2D eigenvalue weighted by molar-refractivity contribution is -0.137. The second-order valence-corrected chi connectivity index (χ2v) is 4.00. The fourth-order valence-electron chi connectivity index (χ4n) is 1.23. The van der Waals surface area contributed by atoms with Crippen molar-refractivity contribution in [3.63, 3.8) is 0 Å². The summed E-state index contributed by atoms with van der Waals surface area (Å²) < 4.78 is 0. The number of hydrogen-bond acceptors (Lipinski definition) is 3. The summed E-state index contributed by atoms with van der Waals surface area (Å²) in [4.78, 5) is 32.8. The van der Waals surface area contributed by atoms with Crippen molar-refractivity contribution in [1.82, 2.24) is 16.0 Å². The van der Waals surface area contributed by atoms with E-state index < -0.39 is 18.0 Å². The molecule has 0 saturated carbocycles. The maximum Gasteiger partial charge on any atom is 0.315 e. The molecule has 1 atom stereocenters. The van der Waals surface area contributed by atoms with Crippen molar-refractivity contribution in [2.45, 2.75) is 39.2 Å². The molecule has 0 aromatic heterocycles. The first-order valence-electron chi connectivity index (χ1n) is 5.98. The zero-order valence-electron chi connectivity index (χ0n) is 10.8. The predicted molar refractivity (Wildman–Crippen MR) is 66.2 cm³/mol. The molecule has 104 valence electrons. The van der Waals surface area contributed by atoms with Crippen LogP contribution in [0.2, 0.25) is 0 Å². The molecule has 0 bridgehead atoms. The van der Waals surface area contributed by atoms with E-state index in [0.717, 1.165) is 6.42 Å². The van der Waals surface area contributed by atoms with E-state index in [4.69, 9.17) is 5.11 Å². The van der Waals surface area contributed by atoms with Gasteiger partial charge in [-0.15, -0.1) is 0 Å². The van der Waals surface area contributed by atoms with Crippen LogP contribution in [0.1, 0.15) is 33.1 Å². The van der Waals surface area contributed by atoms with Crippen molar-refractivity contribution in [3.8, 4) is 0 Å². The van der Waals surface area contributed by atoms with E-state index in [-0.39, 0.29) is 25.3 Å². The molecule has 0 saturated heterocycles. The van der Waals surface area contributed by atoms with E-state index >= 15 is 0 Å².